The van der Waals surface area contributed by atoms with Crippen molar-refractivity contribution in [1.82, 2.24) is 5.32 Å². The number of hydrogen-bond donors (Lipinski definition) is 1. The third-order valence-corrected chi connectivity index (χ3v) is 4.74. The van der Waals surface area contributed by atoms with Crippen LogP contribution in [0.5, 0.6) is 5.75 Å². The van der Waals surface area contributed by atoms with Crippen LogP contribution in [0.3, 0.4) is 0 Å². The molecule has 0 amide bonds. The molecule has 0 saturated heterocycles. The van der Waals surface area contributed by atoms with Crippen LogP contribution in [0.25, 0.3) is 0 Å². The molecule has 0 aliphatic heterocycles. The average molecular weight is 289 g/mol. The van der Waals surface area contributed by atoms with Gasteiger partial charge in [-0.05, 0) is 61.5 Å². The first-order chi connectivity index (χ1) is 9.62. The van der Waals surface area contributed by atoms with E-state index >= 15 is 0 Å². The maximum Gasteiger partial charge on any atom is 0.124 e. The number of aryl methyl sites for hydroxylation is 3. The van der Waals surface area contributed by atoms with Crippen molar-refractivity contribution in [2.75, 3.05) is 14.2 Å². The molecule has 0 saturated carbocycles. The van der Waals surface area contributed by atoms with Crippen molar-refractivity contribution in [3.05, 3.63) is 50.7 Å². The number of ether oxygens (including phenoxy) is 1. The highest BCUT2D eigenvalue weighted by molar-refractivity contribution is 7.10. The van der Waals surface area contributed by atoms with Gasteiger partial charge in [0.2, 0.25) is 0 Å². The van der Waals surface area contributed by atoms with E-state index in [1.807, 2.05) is 18.4 Å². The van der Waals surface area contributed by atoms with Crippen molar-refractivity contribution in [2.24, 2.45) is 0 Å². The van der Waals surface area contributed by atoms with Crippen molar-refractivity contribution in [1.29, 1.82) is 0 Å². The van der Waals surface area contributed by atoms with Crippen LogP contribution >= 0.6 is 11.3 Å². The molecule has 2 rings (SSSR count). The first kappa shape index (κ1) is 15.1. The first-order valence-electron chi connectivity index (χ1n) is 7.01. The minimum absolute atomic E-state index is 0.195. The highest BCUT2D eigenvalue weighted by Gasteiger charge is 2.22. The quantitative estimate of drug-likeness (QED) is 0.888. The Morgan fingerprint density at radius 3 is 2.65 bits per heavy atom. The van der Waals surface area contributed by atoms with Crippen LogP contribution in [0.4, 0.5) is 0 Å². The van der Waals surface area contributed by atoms with Crippen molar-refractivity contribution in [3.63, 3.8) is 0 Å². The maximum absolute atomic E-state index is 5.63. The van der Waals surface area contributed by atoms with Crippen LogP contribution in [0.15, 0.2) is 23.6 Å². The highest BCUT2D eigenvalue weighted by Crippen LogP contribution is 2.37. The minimum Gasteiger partial charge on any atom is -0.496 e. The molecular formula is C17H23NOS. The molecule has 20 heavy (non-hydrogen) atoms. The molecule has 108 valence electrons. The van der Waals surface area contributed by atoms with Gasteiger partial charge in [0.25, 0.3) is 0 Å². The normalized spacial score (nSPS) is 12.4. The average Bonchev–Trinajstić information content (AvgIpc) is 2.89. The smallest absolute Gasteiger partial charge is 0.124 e. The summed E-state index contributed by atoms with van der Waals surface area (Å²) in [6.45, 7) is 6.47. The molecule has 3 heteroatoms. The number of rotatable bonds is 5. The third kappa shape index (κ3) is 2.74. The number of thiophene rings is 1. The fourth-order valence-electron chi connectivity index (χ4n) is 2.78. The summed E-state index contributed by atoms with van der Waals surface area (Å²) in [4.78, 5) is 1.39. The van der Waals surface area contributed by atoms with Gasteiger partial charge in [-0.1, -0.05) is 13.0 Å². The van der Waals surface area contributed by atoms with Crippen LogP contribution < -0.4 is 10.1 Å². The van der Waals surface area contributed by atoms with Gasteiger partial charge in [0, 0.05) is 10.4 Å². The Hall–Kier alpha value is -1.32. The standard InChI is InChI=1S/C17H23NOS/c1-6-13-7-8-20-17(13)16(18-4)15-12(3)9-11(2)10-14(15)19-5/h7-10,16,18H,6H2,1-5H3. The second kappa shape index (κ2) is 6.42. The molecule has 2 nitrogen and oxygen atoms in total. The summed E-state index contributed by atoms with van der Waals surface area (Å²) >= 11 is 1.82. The minimum atomic E-state index is 0.195. The van der Waals surface area contributed by atoms with E-state index in [9.17, 15) is 0 Å². The lowest BCUT2D eigenvalue weighted by Gasteiger charge is -2.22. The lowest BCUT2D eigenvalue weighted by Crippen LogP contribution is -2.19. The molecule has 0 aliphatic carbocycles. The van der Waals surface area contributed by atoms with Gasteiger partial charge in [-0.15, -0.1) is 11.3 Å². The summed E-state index contributed by atoms with van der Waals surface area (Å²) in [5.41, 5.74) is 5.17. The van der Waals surface area contributed by atoms with E-state index in [-0.39, 0.29) is 6.04 Å². The van der Waals surface area contributed by atoms with Gasteiger partial charge in [-0.3, -0.25) is 0 Å². The second-order valence-electron chi connectivity index (χ2n) is 5.08. The summed E-state index contributed by atoms with van der Waals surface area (Å²) in [5.74, 6) is 0.970. The first-order valence-corrected chi connectivity index (χ1v) is 7.89. The number of nitrogens with one attached hydrogen (secondary N) is 1. The summed E-state index contributed by atoms with van der Waals surface area (Å²) < 4.78 is 5.63. The van der Waals surface area contributed by atoms with E-state index in [1.165, 1.54) is 27.1 Å². The fourth-order valence-corrected chi connectivity index (χ4v) is 3.89. The zero-order chi connectivity index (χ0) is 14.7. The Labute approximate surface area is 125 Å². The SMILES string of the molecule is CCc1ccsc1C(NC)c1c(C)cc(C)cc1OC. The zero-order valence-corrected chi connectivity index (χ0v) is 13.7. The molecule has 0 aliphatic rings. The van der Waals surface area contributed by atoms with Gasteiger partial charge < -0.3 is 10.1 Å². The van der Waals surface area contributed by atoms with Crippen molar-refractivity contribution >= 4 is 11.3 Å². The molecule has 0 spiro atoms. The maximum atomic E-state index is 5.63. The summed E-state index contributed by atoms with van der Waals surface area (Å²) in [7, 11) is 3.77. The van der Waals surface area contributed by atoms with E-state index in [0.29, 0.717) is 0 Å². The Balaban J connectivity index is 2.58. The monoisotopic (exact) mass is 289 g/mol. The number of benzene rings is 1. The molecular weight excluding hydrogens is 266 g/mol. The molecule has 1 atom stereocenters. The summed E-state index contributed by atoms with van der Waals surface area (Å²) in [5, 5.41) is 5.64. The molecule has 1 aromatic carbocycles. The molecule has 0 bridgehead atoms. The third-order valence-electron chi connectivity index (χ3n) is 3.71. The van der Waals surface area contributed by atoms with Gasteiger partial charge in [-0.2, -0.15) is 0 Å². The predicted octanol–water partition coefficient (Wildman–Crippen LogP) is 4.24. The van der Waals surface area contributed by atoms with Crippen LogP contribution in [-0.2, 0) is 6.42 Å². The summed E-state index contributed by atoms with van der Waals surface area (Å²) in [6.07, 6.45) is 1.06. The van der Waals surface area contributed by atoms with E-state index in [0.717, 1.165) is 12.2 Å². The highest BCUT2D eigenvalue weighted by atomic mass is 32.1. The largest absolute Gasteiger partial charge is 0.496 e. The summed E-state index contributed by atoms with van der Waals surface area (Å²) in [6, 6.07) is 6.76. The van der Waals surface area contributed by atoms with E-state index < -0.39 is 0 Å². The molecule has 0 fully saturated rings. The van der Waals surface area contributed by atoms with Crippen molar-refractivity contribution in [2.45, 2.75) is 33.2 Å². The van der Waals surface area contributed by atoms with E-state index in [1.54, 1.807) is 7.11 Å². The Morgan fingerprint density at radius 2 is 2.05 bits per heavy atom. The Kier molecular flexibility index (Phi) is 4.84. The zero-order valence-electron chi connectivity index (χ0n) is 12.9. The molecule has 1 heterocycles. The fraction of sp³-hybridized carbons (Fsp3) is 0.412. The van der Waals surface area contributed by atoms with Gasteiger partial charge in [0.05, 0.1) is 13.2 Å². The van der Waals surface area contributed by atoms with Gasteiger partial charge in [0.15, 0.2) is 0 Å². The van der Waals surface area contributed by atoms with Crippen LogP contribution in [0, 0.1) is 13.8 Å². The topological polar surface area (TPSA) is 21.3 Å². The Bertz CT molecular complexity index is 589. The number of methoxy groups -OCH3 is 1. The lowest BCUT2D eigenvalue weighted by molar-refractivity contribution is 0.404. The molecule has 2 aromatic rings. The Morgan fingerprint density at radius 1 is 1.30 bits per heavy atom. The van der Waals surface area contributed by atoms with Crippen molar-refractivity contribution in [3.8, 4) is 5.75 Å². The molecule has 1 unspecified atom stereocenters. The molecule has 0 radical (unpaired) electrons. The van der Waals surface area contributed by atoms with Gasteiger partial charge in [0.1, 0.15) is 5.75 Å². The van der Waals surface area contributed by atoms with Gasteiger partial charge >= 0.3 is 0 Å². The van der Waals surface area contributed by atoms with Crippen LogP contribution in [-0.4, -0.2) is 14.2 Å². The van der Waals surface area contributed by atoms with E-state index in [4.69, 9.17) is 4.74 Å². The molecule has 1 aromatic heterocycles. The van der Waals surface area contributed by atoms with Gasteiger partial charge in [-0.25, -0.2) is 0 Å². The predicted molar refractivity (Wildman–Crippen MR) is 87.1 cm³/mol. The lowest BCUT2D eigenvalue weighted by atomic mass is 9.95. The molecule has 1 N–H and O–H groups in total. The second-order valence-corrected chi connectivity index (χ2v) is 6.03. The van der Waals surface area contributed by atoms with Crippen LogP contribution in [0.2, 0.25) is 0 Å². The van der Waals surface area contributed by atoms with Crippen LogP contribution in [0.1, 0.15) is 40.1 Å². The van der Waals surface area contributed by atoms with Crippen molar-refractivity contribution < 1.29 is 4.74 Å². The van der Waals surface area contributed by atoms with E-state index in [2.05, 4.69) is 49.7 Å². The number of hydrogen-bond acceptors (Lipinski definition) is 3.